The Bertz CT molecular complexity index is 487. The summed E-state index contributed by atoms with van der Waals surface area (Å²) in [7, 11) is 0. The lowest BCUT2D eigenvalue weighted by molar-refractivity contribution is 1.31. The number of rotatable bonds is 0. The van der Waals surface area contributed by atoms with Crippen LogP contribution in [0.15, 0.2) is 46.8 Å². The molecular weight excluding hydrogens is 192 g/mol. The summed E-state index contributed by atoms with van der Waals surface area (Å²) in [4.78, 5) is 5.67. The van der Waals surface area contributed by atoms with Gasteiger partial charge in [0.1, 0.15) is 5.82 Å². The summed E-state index contributed by atoms with van der Waals surface area (Å²) in [6, 6.07) is 10.3. The van der Waals surface area contributed by atoms with E-state index in [4.69, 9.17) is 0 Å². The van der Waals surface area contributed by atoms with Gasteiger partial charge in [0.25, 0.3) is 0 Å². The van der Waals surface area contributed by atoms with Crippen molar-refractivity contribution in [1.29, 1.82) is 0 Å². The summed E-state index contributed by atoms with van der Waals surface area (Å²) in [5.41, 5.74) is 1.02. The number of pyridine rings is 1. The number of hydrogen-bond acceptors (Lipinski definition) is 3. The van der Waals surface area contributed by atoms with E-state index in [0.29, 0.717) is 0 Å². The van der Waals surface area contributed by atoms with Crippen LogP contribution in [0.25, 0.3) is 10.9 Å². The van der Waals surface area contributed by atoms with E-state index >= 15 is 0 Å². The largest absolute Gasteiger partial charge is 0.334 e. The van der Waals surface area contributed by atoms with Gasteiger partial charge in [-0.3, -0.25) is 0 Å². The highest BCUT2D eigenvalue weighted by Gasteiger charge is 2.15. The van der Waals surface area contributed by atoms with Crippen molar-refractivity contribution in [1.82, 2.24) is 4.98 Å². The molecule has 0 amide bonds. The molecule has 3 rings (SSSR count). The number of benzene rings is 1. The molecule has 2 aromatic rings. The molecule has 0 aliphatic carbocycles. The number of fused-ring (bicyclic) bond motifs is 2. The van der Waals surface area contributed by atoms with Gasteiger partial charge >= 0.3 is 0 Å². The Morgan fingerprint density at radius 2 is 2.14 bits per heavy atom. The average molecular weight is 200 g/mol. The van der Waals surface area contributed by atoms with E-state index in [0.717, 1.165) is 21.3 Å². The highest BCUT2D eigenvalue weighted by Crippen LogP contribution is 2.39. The van der Waals surface area contributed by atoms with Crippen molar-refractivity contribution in [2.75, 3.05) is 5.32 Å². The summed E-state index contributed by atoms with van der Waals surface area (Å²) < 4.78 is 0. The Labute approximate surface area is 86.0 Å². The number of anilines is 1. The normalized spacial score (nSPS) is 14.1. The predicted molar refractivity (Wildman–Crippen MR) is 60.4 cm³/mol. The summed E-state index contributed by atoms with van der Waals surface area (Å²) in [6.45, 7) is 3.87. The molecule has 0 saturated heterocycles. The smallest absolute Gasteiger partial charge is 0.145 e. The van der Waals surface area contributed by atoms with Gasteiger partial charge < -0.3 is 5.32 Å². The monoisotopic (exact) mass is 200 g/mol. The van der Waals surface area contributed by atoms with Crippen LogP contribution >= 0.6 is 11.8 Å². The molecular formula is C11H8N2S. The first kappa shape index (κ1) is 7.88. The first-order chi connectivity index (χ1) is 6.83. The maximum Gasteiger partial charge on any atom is 0.145 e. The molecule has 68 valence electrons. The van der Waals surface area contributed by atoms with Crippen molar-refractivity contribution in [3.8, 4) is 0 Å². The fraction of sp³-hybridized carbons (Fsp3) is 0. The Morgan fingerprint density at radius 3 is 3.07 bits per heavy atom. The van der Waals surface area contributed by atoms with E-state index in [9.17, 15) is 0 Å². The van der Waals surface area contributed by atoms with Crippen molar-refractivity contribution in [3.63, 3.8) is 0 Å². The van der Waals surface area contributed by atoms with Gasteiger partial charge in [-0.25, -0.2) is 4.98 Å². The zero-order chi connectivity index (χ0) is 9.54. The van der Waals surface area contributed by atoms with Crippen molar-refractivity contribution >= 4 is 28.5 Å². The highest BCUT2D eigenvalue weighted by molar-refractivity contribution is 8.03. The van der Waals surface area contributed by atoms with Crippen LogP contribution in [0, 0.1) is 0 Å². The van der Waals surface area contributed by atoms with Crippen LogP contribution < -0.4 is 5.32 Å². The lowest BCUT2D eigenvalue weighted by atomic mass is 10.2. The SMILES string of the molecule is C=C1Nc2nc3ccccc3cc2S1. The van der Waals surface area contributed by atoms with Crippen molar-refractivity contribution in [3.05, 3.63) is 41.9 Å². The Morgan fingerprint density at radius 1 is 1.29 bits per heavy atom. The van der Waals surface area contributed by atoms with Gasteiger partial charge in [0.15, 0.2) is 0 Å². The molecule has 0 saturated carbocycles. The fourth-order valence-electron chi connectivity index (χ4n) is 1.55. The molecule has 0 bridgehead atoms. The molecule has 1 aliphatic rings. The molecule has 0 spiro atoms. The Balaban J connectivity index is 2.31. The predicted octanol–water partition coefficient (Wildman–Crippen LogP) is 3.22. The second kappa shape index (κ2) is 2.75. The third-order valence-corrected chi connectivity index (χ3v) is 3.06. The minimum Gasteiger partial charge on any atom is -0.334 e. The second-order valence-electron chi connectivity index (χ2n) is 3.18. The van der Waals surface area contributed by atoms with Crippen LogP contribution in [0.1, 0.15) is 0 Å². The molecule has 0 atom stereocenters. The quantitative estimate of drug-likeness (QED) is 0.706. The number of thioether (sulfide) groups is 1. The topological polar surface area (TPSA) is 24.9 Å². The van der Waals surface area contributed by atoms with E-state index in [2.05, 4.69) is 29.0 Å². The molecule has 1 aromatic heterocycles. The minimum absolute atomic E-state index is 0.929. The molecule has 0 unspecified atom stereocenters. The highest BCUT2D eigenvalue weighted by atomic mass is 32.2. The number of nitrogens with one attached hydrogen (secondary N) is 1. The van der Waals surface area contributed by atoms with Crippen molar-refractivity contribution < 1.29 is 0 Å². The van der Waals surface area contributed by atoms with Crippen LogP contribution in [0.3, 0.4) is 0 Å². The number of aromatic nitrogens is 1. The van der Waals surface area contributed by atoms with E-state index in [1.54, 1.807) is 11.8 Å². The zero-order valence-electron chi connectivity index (χ0n) is 7.45. The van der Waals surface area contributed by atoms with Crippen LogP contribution in [0.2, 0.25) is 0 Å². The van der Waals surface area contributed by atoms with Gasteiger partial charge in [-0.15, -0.1) is 0 Å². The van der Waals surface area contributed by atoms with Gasteiger partial charge in [-0.05, 0) is 12.1 Å². The molecule has 2 nitrogen and oxygen atoms in total. The molecule has 0 fully saturated rings. The second-order valence-corrected chi connectivity index (χ2v) is 4.31. The number of nitrogens with zero attached hydrogens (tertiary/aromatic N) is 1. The molecule has 1 N–H and O–H groups in total. The summed E-state index contributed by atoms with van der Waals surface area (Å²) >= 11 is 1.64. The standard InChI is InChI=1S/C11H8N2S/c1-7-12-11-10(14-7)6-8-4-2-3-5-9(8)13-11/h2-6H,1H2,(H,12,13). The van der Waals surface area contributed by atoms with Crippen LogP contribution in [-0.4, -0.2) is 4.98 Å². The van der Waals surface area contributed by atoms with Gasteiger partial charge in [0.05, 0.1) is 15.4 Å². The Kier molecular flexibility index (Phi) is 1.55. The van der Waals surface area contributed by atoms with Crippen molar-refractivity contribution in [2.45, 2.75) is 4.90 Å². The molecule has 2 heterocycles. The van der Waals surface area contributed by atoms with Gasteiger partial charge in [-0.2, -0.15) is 0 Å². The van der Waals surface area contributed by atoms with Gasteiger partial charge in [-0.1, -0.05) is 36.5 Å². The lowest BCUT2D eigenvalue weighted by Crippen LogP contribution is -1.90. The summed E-state index contributed by atoms with van der Waals surface area (Å²) in [5, 5.41) is 5.27. The molecule has 1 aliphatic heterocycles. The first-order valence-electron chi connectivity index (χ1n) is 4.36. The number of hydrogen-bond donors (Lipinski definition) is 1. The molecule has 3 heteroatoms. The Hall–Kier alpha value is -1.48. The molecule has 0 radical (unpaired) electrons. The first-order valence-corrected chi connectivity index (χ1v) is 5.18. The van der Waals surface area contributed by atoms with Crippen LogP contribution in [-0.2, 0) is 0 Å². The van der Waals surface area contributed by atoms with Gasteiger partial charge in [0.2, 0.25) is 0 Å². The van der Waals surface area contributed by atoms with Gasteiger partial charge in [0, 0.05) is 5.39 Å². The maximum atomic E-state index is 4.51. The van der Waals surface area contributed by atoms with Crippen LogP contribution in [0.5, 0.6) is 0 Å². The van der Waals surface area contributed by atoms with E-state index in [1.165, 1.54) is 5.39 Å². The van der Waals surface area contributed by atoms with E-state index in [1.807, 2.05) is 18.2 Å². The third-order valence-electron chi connectivity index (χ3n) is 2.18. The van der Waals surface area contributed by atoms with E-state index < -0.39 is 0 Å². The summed E-state index contributed by atoms with van der Waals surface area (Å²) in [5.74, 6) is 0.929. The lowest BCUT2D eigenvalue weighted by Gasteiger charge is -2.00. The third kappa shape index (κ3) is 1.09. The van der Waals surface area contributed by atoms with E-state index in [-0.39, 0.29) is 0 Å². The fourth-order valence-corrected chi connectivity index (χ4v) is 2.35. The average Bonchev–Trinajstić information content (AvgIpc) is 2.53. The zero-order valence-corrected chi connectivity index (χ0v) is 8.27. The van der Waals surface area contributed by atoms with Crippen LogP contribution in [0.4, 0.5) is 5.82 Å². The van der Waals surface area contributed by atoms with Crippen molar-refractivity contribution in [2.24, 2.45) is 0 Å². The summed E-state index contributed by atoms with van der Waals surface area (Å²) in [6.07, 6.45) is 0. The molecule has 14 heavy (non-hydrogen) atoms. The molecule has 1 aromatic carbocycles. The maximum absolute atomic E-state index is 4.51. The number of para-hydroxylation sites is 1. The minimum atomic E-state index is 0.929.